The van der Waals surface area contributed by atoms with Crippen molar-refractivity contribution in [3.63, 3.8) is 0 Å². The molecule has 1 aromatic heterocycles. The molecule has 0 atom stereocenters. The molecule has 1 aliphatic carbocycles. The molecule has 318 valence electrons. The van der Waals surface area contributed by atoms with Gasteiger partial charge in [0.05, 0.1) is 23.2 Å². The lowest BCUT2D eigenvalue weighted by molar-refractivity contribution is -0.121. The second-order valence-electron chi connectivity index (χ2n) is 16.2. The Kier molecular flexibility index (Phi) is 12.1. The normalized spacial score (nSPS) is 20.4. The first-order chi connectivity index (χ1) is 28.8. The maximum atomic E-state index is 13.6. The van der Waals surface area contributed by atoms with E-state index in [9.17, 15) is 31.2 Å². The van der Waals surface area contributed by atoms with Crippen molar-refractivity contribution in [2.24, 2.45) is 0 Å². The Bertz CT molecular complexity index is 2540. The van der Waals surface area contributed by atoms with Crippen LogP contribution in [0.1, 0.15) is 78.8 Å². The summed E-state index contributed by atoms with van der Waals surface area (Å²) in [7, 11) is -7.22. The largest absolute Gasteiger partial charge is 0.489 e. The predicted octanol–water partition coefficient (Wildman–Crippen LogP) is 5.28. The van der Waals surface area contributed by atoms with E-state index in [0.29, 0.717) is 63.4 Å². The Morgan fingerprint density at radius 1 is 0.833 bits per heavy atom. The number of nitrogens with zero attached hydrogens (tertiary/aromatic N) is 4. The fourth-order valence-corrected chi connectivity index (χ4v) is 10.8. The van der Waals surface area contributed by atoms with Crippen molar-refractivity contribution in [2.75, 3.05) is 61.1 Å². The first-order valence-corrected chi connectivity index (χ1v) is 24.3. The summed E-state index contributed by atoms with van der Waals surface area (Å²) in [4.78, 5) is 43.6. The summed E-state index contributed by atoms with van der Waals surface area (Å²) in [5.74, 6) is -0.341. The molecule has 0 spiro atoms. The van der Waals surface area contributed by atoms with Gasteiger partial charge in [0.1, 0.15) is 18.9 Å². The SMILES string of the molecule is CS(=O)(=O)N1CCN(c2ccc(N3CCCC3=O)cc2COc2ccc(-c3c(C4CCCCC4)c4ccc5cc4n3CC(=O)NCC/C=C/CS(=O)(=O)NC5=O)cc2)CC1. The van der Waals surface area contributed by atoms with E-state index in [1.54, 1.807) is 23.1 Å². The summed E-state index contributed by atoms with van der Waals surface area (Å²) in [5.41, 5.74) is 6.36. The fraction of sp³-hybridized carbons (Fsp3) is 0.432. The van der Waals surface area contributed by atoms with Gasteiger partial charge >= 0.3 is 0 Å². The molecule has 3 fully saturated rings. The van der Waals surface area contributed by atoms with Crippen LogP contribution in [0.2, 0.25) is 0 Å². The molecule has 0 unspecified atom stereocenters. The highest BCUT2D eigenvalue weighted by molar-refractivity contribution is 7.90. The summed E-state index contributed by atoms with van der Waals surface area (Å²) in [5, 5.41) is 3.91. The van der Waals surface area contributed by atoms with E-state index in [-0.39, 0.29) is 42.2 Å². The number of amides is 3. The number of piperazine rings is 1. The summed E-state index contributed by atoms with van der Waals surface area (Å²) in [6.45, 7) is 2.99. The van der Waals surface area contributed by atoms with Crippen molar-refractivity contribution < 1.29 is 36.0 Å². The van der Waals surface area contributed by atoms with E-state index >= 15 is 0 Å². The van der Waals surface area contributed by atoms with Crippen molar-refractivity contribution >= 4 is 60.0 Å². The Balaban J connectivity index is 1.13. The minimum absolute atomic E-state index is 0.000966. The van der Waals surface area contributed by atoms with E-state index in [2.05, 4.69) is 14.9 Å². The standard InChI is InChI=1S/C44H52N6O8S2/c1-59(54,55)48-24-22-47(23-25-48)38-19-15-35(49-21-8-11-41(49)52)27-34(38)30-58-36-16-12-32(13-17-36)43-42(31-9-4-2-5-10-31)37-18-14-33-28-39(37)50(43)29-40(51)45-20-6-3-7-26-60(56,57)46-44(33)53/h3,7,12-19,27-28,31H,2,4-6,8-11,20-26,29-30H2,1H3,(H,45,51)(H,46,53)/b7-3+. The maximum Gasteiger partial charge on any atom is 0.264 e. The number of rotatable bonds is 8. The molecule has 8 rings (SSSR count). The molecule has 2 bridgehead atoms. The molecule has 2 N–H and O–H groups in total. The summed E-state index contributed by atoms with van der Waals surface area (Å²) < 4.78 is 62.1. The Morgan fingerprint density at radius 3 is 2.30 bits per heavy atom. The number of sulfonamides is 2. The highest BCUT2D eigenvalue weighted by atomic mass is 32.2. The van der Waals surface area contributed by atoms with Crippen LogP contribution in [0.5, 0.6) is 5.75 Å². The Labute approximate surface area is 351 Å². The van der Waals surface area contributed by atoms with Crippen LogP contribution in [0.25, 0.3) is 22.2 Å². The van der Waals surface area contributed by atoms with Gasteiger partial charge in [0.15, 0.2) is 0 Å². The van der Waals surface area contributed by atoms with E-state index in [4.69, 9.17) is 4.74 Å². The van der Waals surface area contributed by atoms with Gasteiger partial charge in [-0.1, -0.05) is 37.5 Å². The average molecular weight is 857 g/mol. The van der Waals surface area contributed by atoms with Crippen molar-refractivity contribution in [3.05, 3.63) is 89.5 Å². The molecule has 3 aliphatic heterocycles. The molecule has 1 saturated carbocycles. The van der Waals surface area contributed by atoms with Crippen LogP contribution in [0.4, 0.5) is 11.4 Å². The lowest BCUT2D eigenvalue weighted by atomic mass is 9.81. The van der Waals surface area contributed by atoms with Crippen LogP contribution in [0, 0.1) is 0 Å². The smallest absolute Gasteiger partial charge is 0.264 e. The monoisotopic (exact) mass is 856 g/mol. The fourth-order valence-electron chi connectivity index (χ4n) is 9.06. The van der Waals surface area contributed by atoms with Gasteiger partial charge in [0.25, 0.3) is 5.91 Å². The molecule has 2 saturated heterocycles. The Morgan fingerprint density at radius 2 is 1.58 bits per heavy atom. The van der Waals surface area contributed by atoms with E-state index in [1.807, 2.05) is 53.1 Å². The molecule has 60 heavy (non-hydrogen) atoms. The zero-order valence-electron chi connectivity index (χ0n) is 33.9. The molecule has 14 nitrogen and oxygen atoms in total. The van der Waals surface area contributed by atoms with Crippen LogP contribution >= 0.6 is 0 Å². The number of hydrogen-bond donors (Lipinski definition) is 2. The number of anilines is 2. The lowest BCUT2D eigenvalue weighted by Gasteiger charge is -2.36. The van der Waals surface area contributed by atoms with Gasteiger partial charge in [-0.2, -0.15) is 4.31 Å². The van der Waals surface area contributed by atoms with Gasteiger partial charge in [-0.3, -0.25) is 14.4 Å². The van der Waals surface area contributed by atoms with Crippen molar-refractivity contribution in [3.8, 4) is 17.0 Å². The number of carbonyl (C=O) groups excluding carboxylic acids is 3. The first-order valence-electron chi connectivity index (χ1n) is 20.8. The number of nitrogens with one attached hydrogen (secondary N) is 2. The lowest BCUT2D eigenvalue weighted by Crippen LogP contribution is -2.48. The third kappa shape index (κ3) is 9.10. The van der Waals surface area contributed by atoms with Gasteiger partial charge in [0, 0.05) is 73.6 Å². The number of hydrogen-bond acceptors (Lipinski definition) is 9. The Hall–Kier alpha value is -5.19. The summed E-state index contributed by atoms with van der Waals surface area (Å²) in [6, 6.07) is 19.0. The molecule has 4 aromatic rings. The summed E-state index contributed by atoms with van der Waals surface area (Å²) >= 11 is 0. The molecule has 4 heterocycles. The van der Waals surface area contributed by atoms with Gasteiger partial charge < -0.3 is 24.4 Å². The molecule has 4 aliphatic rings. The third-order valence-corrected chi connectivity index (χ3v) is 14.5. The zero-order valence-corrected chi connectivity index (χ0v) is 35.5. The molecule has 3 aromatic carbocycles. The number of carbonyl (C=O) groups is 3. The topological polar surface area (TPSA) is 167 Å². The quantitative estimate of drug-likeness (QED) is 0.224. The van der Waals surface area contributed by atoms with Crippen LogP contribution in [0.3, 0.4) is 0 Å². The number of fused-ring (bicyclic) bond motifs is 1. The zero-order chi connectivity index (χ0) is 42.0. The van der Waals surface area contributed by atoms with Crippen LogP contribution in [-0.4, -0.2) is 94.7 Å². The van der Waals surface area contributed by atoms with Crippen LogP contribution < -0.4 is 24.6 Å². The van der Waals surface area contributed by atoms with Gasteiger partial charge in [-0.05, 0) is 97.3 Å². The first kappa shape index (κ1) is 41.5. The maximum absolute atomic E-state index is 13.6. The van der Waals surface area contributed by atoms with Crippen LogP contribution in [-0.2, 0) is 42.8 Å². The third-order valence-electron chi connectivity index (χ3n) is 12.1. The van der Waals surface area contributed by atoms with Crippen LogP contribution in [0.15, 0.2) is 72.8 Å². The van der Waals surface area contributed by atoms with Crippen molar-refractivity contribution in [2.45, 2.75) is 70.4 Å². The van der Waals surface area contributed by atoms with E-state index in [0.717, 1.165) is 77.7 Å². The minimum atomic E-state index is -3.92. The number of benzene rings is 3. The van der Waals surface area contributed by atoms with E-state index in [1.165, 1.54) is 16.6 Å². The molecule has 0 radical (unpaired) electrons. The predicted molar refractivity (Wildman–Crippen MR) is 232 cm³/mol. The second kappa shape index (κ2) is 17.4. The molecule has 3 amide bonds. The van der Waals surface area contributed by atoms with Gasteiger partial charge in [0.2, 0.25) is 31.9 Å². The molecular weight excluding hydrogens is 805 g/mol. The van der Waals surface area contributed by atoms with Gasteiger partial charge in [-0.25, -0.2) is 21.6 Å². The van der Waals surface area contributed by atoms with E-state index < -0.39 is 26.0 Å². The number of ether oxygens (including phenoxy) is 1. The minimum Gasteiger partial charge on any atom is -0.489 e. The number of aromatic nitrogens is 1. The van der Waals surface area contributed by atoms with Crippen molar-refractivity contribution in [1.29, 1.82) is 0 Å². The van der Waals surface area contributed by atoms with Gasteiger partial charge in [-0.15, -0.1) is 0 Å². The highest BCUT2D eigenvalue weighted by Crippen LogP contribution is 2.45. The second-order valence-corrected chi connectivity index (χ2v) is 19.9. The summed E-state index contributed by atoms with van der Waals surface area (Å²) in [6.07, 6.45) is 11.4. The van der Waals surface area contributed by atoms with Crippen molar-refractivity contribution in [1.82, 2.24) is 18.9 Å². The highest BCUT2D eigenvalue weighted by Gasteiger charge is 2.30. The molecule has 16 heteroatoms. The molecular formula is C44H52N6O8S2. The average Bonchev–Trinajstić information content (AvgIpc) is 3.81.